The SMILES string of the molecule is CCN(CC)c1ccc(NC(=O)C(C)(C)C(=O)N2c3ccccc3CC2C)cc1. The van der Waals surface area contributed by atoms with Crippen molar-refractivity contribution in [2.45, 2.75) is 47.1 Å². The van der Waals surface area contributed by atoms with E-state index >= 15 is 0 Å². The zero-order valence-corrected chi connectivity index (χ0v) is 18.0. The molecule has 0 aliphatic carbocycles. The van der Waals surface area contributed by atoms with Gasteiger partial charge in [0.15, 0.2) is 0 Å². The molecular weight excluding hydrogens is 362 g/mol. The summed E-state index contributed by atoms with van der Waals surface area (Å²) >= 11 is 0. The zero-order valence-electron chi connectivity index (χ0n) is 18.0. The fraction of sp³-hybridized carbons (Fsp3) is 0.417. The molecule has 2 aromatic rings. The van der Waals surface area contributed by atoms with Gasteiger partial charge in [-0.05, 0) is 76.9 Å². The monoisotopic (exact) mass is 393 g/mol. The number of carbonyl (C=O) groups excluding carboxylic acids is 2. The highest BCUT2D eigenvalue weighted by molar-refractivity contribution is 6.15. The van der Waals surface area contributed by atoms with Crippen LogP contribution in [0.25, 0.3) is 0 Å². The van der Waals surface area contributed by atoms with E-state index in [4.69, 9.17) is 0 Å². The second kappa shape index (κ2) is 8.27. The molecule has 3 rings (SSSR count). The van der Waals surface area contributed by atoms with Crippen molar-refractivity contribution in [1.29, 1.82) is 0 Å². The summed E-state index contributed by atoms with van der Waals surface area (Å²) in [4.78, 5) is 30.4. The van der Waals surface area contributed by atoms with Gasteiger partial charge in [0.05, 0.1) is 0 Å². The van der Waals surface area contributed by atoms with Crippen LogP contribution in [-0.4, -0.2) is 30.9 Å². The first-order valence-electron chi connectivity index (χ1n) is 10.4. The molecule has 2 amide bonds. The van der Waals surface area contributed by atoms with Gasteiger partial charge >= 0.3 is 0 Å². The van der Waals surface area contributed by atoms with Crippen molar-refractivity contribution in [3.63, 3.8) is 0 Å². The Labute approximate surface area is 173 Å². The van der Waals surface area contributed by atoms with Crippen molar-refractivity contribution in [3.05, 3.63) is 54.1 Å². The van der Waals surface area contributed by atoms with Crippen molar-refractivity contribution in [1.82, 2.24) is 0 Å². The van der Waals surface area contributed by atoms with Crippen LogP contribution >= 0.6 is 0 Å². The van der Waals surface area contributed by atoms with Gasteiger partial charge in [-0.2, -0.15) is 0 Å². The van der Waals surface area contributed by atoms with E-state index in [1.54, 1.807) is 18.7 Å². The van der Waals surface area contributed by atoms with Crippen LogP contribution in [0.3, 0.4) is 0 Å². The number of para-hydroxylation sites is 1. The first kappa shape index (κ1) is 20.9. The Morgan fingerprint density at radius 3 is 2.31 bits per heavy atom. The van der Waals surface area contributed by atoms with Crippen molar-refractivity contribution in [2.24, 2.45) is 5.41 Å². The average Bonchev–Trinajstić information content (AvgIpc) is 3.05. The van der Waals surface area contributed by atoms with Gasteiger partial charge in [-0.1, -0.05) is 18.2 Å². The Morgan fingerprint density at radius 2 is 1.69 bits per heavy atom. The Balaban J connectivity index is 1.75. The van der Waals surface area contributed by atoms with Crippen molar-refractivity contribution < 1.29 is 9.59 Å². The van der Waals surface area contributed by atoms with Gasteiger partial charge in [0, 0.05) is 36.2 Å². The second-order valence-electron chi connectivity index (χ2n) is 8.16. The molecule has 5 heteroatoms. The van der Waals surface area contributed by atoms with Gasteiger partial charge in [0.25, 0.3) is 0 Å². The maximum absolute atomic E-state index is 13.4. The lowest BCUT2D eigenvalue weighted by Gasteiger charge is -2.31. The quantitative estimate of drug-likeness (QED) is 0.737. The highest BCUT2D eigenvalue weighted by Gasteiger charge is 2.43. The van der Waals surface area contributed by atoms with E-state index in [0.717, 1.165) is 36.4 Å². The lowest BCUT2D eigenvalue weighted by Crippen LogP contribution is -2.49. The number of amides is 2. The van der Waals surface area contributed by atoms with Crippen molar-refractivity contribution in [3.8, 4) is 0 Å². The fourth-order valence-corrected chi connectivity index (χ4v) is 3.90. The fourth-order valence-electron chi connectivity index (χ4n) is 3.90. The molecule has 1 N–H and O–H groups in total. The molecule has 0 bridgehead atoms. The second-order valence-corrected chi connectivity index (χ2v) is 8.16. The number of benzene rings is 2. The van der Waals surface area contributed by atoms with Gasteiger partial charge < -0.3 is 15.1 Å². The molecule has 154 valence electrons. The van der Waals surface area contributed by atoms with Crippen LogP contribution in [0.2, 0.25) is 0 Å². The number of carbonyl (C=O) groups is 2. The summed E-state index contributed by atoms with van der Waals surface area (Å²) in [6.07, 6.45) is 0.812. The van der Waals surface area contributed by atoms with Gasteiger partial charge in [-0.25, -0.2) is 0 Å². The van der Waals surface area contributed by atoms with Crippen LogP contribution in [0.1, 0.15) is 40.2 Å². The lowest BCUT2D eigenvalue weighted by molar-refractivity contribution is -0.136. The molecule has 0 aromatic heterocycles. The van der Waals surface area contributed by atoms with E-state index < -0.39 is 5.41 Å². The van der Waals surface area contributed by atoms with E-state index in [0.29, 0.717) is 5.69 Å². The predicted octanol–water partition coefficient (Wildman–Crippen LogP) is 4.48. The molecule has 0 saturated carbocycles. The topological polar surface area (TPSA) is 52.7 Å². The van der Waals surface area contributed by atoms with Crippen LogP contribution in [0.15, 0.2) is 48.5 Å². The van der Waals surface area contributed by atoms with Crippen LogP contribution in [0, 0.1) is 5.41 Å². The summed E-state index contributed by atoms with van der Waals surface area (Å²) in [6, 6.07) is 15.7. The summed E-state index contributed by atoms with van der Waals surface area (Å²) in [5.41, 5.74) is 2.70. The standard InChI is InChI=1S/C24H31N3O2/c1-6-26(7-2)20-14-12-19(13-15-20)25-22(28)24(4,5)23(29)27-17(3)16-18-10-8-9-11-21(18)27/h8-15,17H,6-7,16H2,1-5H3,(H,25,28). The molecule has 0 spiro atoms. The third-order valence-electron chi connectivity index (χ3n) is 5.78. The smallest absolute Gasteiger partial charge is 0.242 e. The minimum Gasteiger partial charge on any atom is -0.372 e. The zero-order chi connectivity index (χ0) is 21.2. The Bertz CT molecular complexity index is 885. The first-order chi connectivity index (χ1) is 13.8. The van der Waals surface area contributed by atoms with E-state index in [-0.39, 0.29) is 17.9 Å². The largest absolute Gasteiger partial charge is 0.372 e. The van der Waals surface area contributed by atoms with E-state index in [1.807, 2.05) is 55.5 Å². The van der Waals surface area contributed by atoms with E-state index in [9.17, 15) is 9.59 Å². The van der Waals surface area contributed by atoms with Gasteiger partial charge in [0.2, 0.25) is 11.8 Å². The Hall–Kier alpha value is -2.82. The predicted molar refractivity (Wildman–Crippen MR) is 120 cm³/mol. The number of fused-ring (bicyclic) bond motifs is 1. The molecule has 1 heterocycles. The van der Waals surface area contributed by atoms with Gasteiger partial charge in [-0.3, -0.25) is 9.59 Å². The van der Waals surface area contributed by atoms with Crippen LogP contribution < -0.4 is 15.1 Å². The number of hydrogen-bond acceptors (Lipinski definition) is 3. The Morgan fingerprint density at radius 1 is 1.07 bits per heavy atom. The molecule has 2 aromatic carbocycles. The summed E-state index contributed by atoms with van der Waals surface area (Å²) < 4.78 is 0. The molecule has 0 saturated heterocycles. The summed E-state index contributed by atoms with van der Waals surface area (Å²) in [5.74, 6) is -0.470. The van der Waals surface area contributed by atoms with Crippen LogP contribution in [0.5, 0.6) is 0 Å². The number of anilines is 3. The lowest BCUT2D eigenvalue weighted by atomic mass is 9.89. The highest BCUT2D eigenvalue weighted by atomic mass is 16.2. The summed E-state index contributed by atoms with van der Waals surface area (Å²) in [5, 5.41) is 2.92. The minimum atomic E-state index is -1.18. The van der Waals surface area contributed by atoms with Crippen molar-refractivity contribution >= 4 is 28.9 Å². The van der Waals surface area contributed by atoms with E-state index in [2.05, 4.69) is 24.1 Å². The Kier molecular flexibility index (Phi) is 5.96. The normalized spacial score (nSPS) is 15.8. The number of rotatable bonds is 6. The molecule has 1 unspecified atom stereocenters. The first-order valence-corrected chi connectivity index (χ1v) is 10.4. The third kappa shape index (κ3) is 4.00. The number of nitrogens with zero attached hydrogens (tertiary/aromatic N) is 2. The van der Waals surface area contributed by atoms with Crippen LogP contribution in [0.4, 0.5) is 17.1 Å². The average molecular weight is 394 g/mol. The highest BCUT2D eigenvalue weighted by Crippen LogP contribution is 2.36. The molecule has 29 heavy (non-hydrogen) atoms. The molecular formula is C24H31N3O2. The maximum atomic E-state index is 13.4. The van der Waals surface area contributed by atoms with Gasteiger partial charge in [-0.15, -0.1) is 0 Å². The minimum absolute atomic E-state index is 0.0420. The van der Waals surface area contributed by atoms with Gasteiger partial charge in [0.1, 0.15) is 5.41 Å². The van der Waals surface area contributed by atoms with Crippen LogP contribution in [-0.2, 0) is 16.0 Å². The molecule has 0 fully saturated rings. The molecule has 1 aliphatic heterocycles. The number of hydrogen-bond donors (Lipinski definition) is 1. The molecule has 1 aliphatic rings. The molecule has 5 nitrogen and oxygen atoms in total. The summed E-state index contributed by atoms with van der Waals surface area (Å²) in [7, 11) is 0. The maximum Gasteiger partial charge on any atom is 0.242 e. The molecule has 0 radical (unpaired) electrons. The number of nitrogens with one attached hydrogen (secondary N) is 1. The summed E-state index contributed by atoms with van der Waals surface area (Å²) in [6.45, 7) is 11.5. The molecule has 1 atom stereocenters. The van der Waals surface area contributed by atoms with E-state index in [1.165, 1.54) is 0 Å². The van der Waals surface area contributed by atoms with Crippen molar-refractivity contribution in [2.75, 3.05) is 28.2 Å². The third-order valence-corrected chi connectivity index (χ3v) is 5.78.